The third-order valence-electron chi connectivity index (χ3n) is 3.36. The van der Waals surface area contributed by atoms with Crippen LogP contribution < -0.4 is 10.6 Å². The standard InChI is InChI=1S/C13H22N4/c1-3-14-13-15-9-8-12(17-13)16-11-6-4-10(2)5-7-11/h8-11H,3-7H2,1-2H3,(H2,14,15,16,17). The highest BCUT2D eigenvalue weighted by atomic mass is 15.1. The van der Waals surface area contributed by atoms with Crippen LogP contribution in [-0.4, -0.2) is 22.6 Å². The lowest BCUT2D eigenvalue weighted by Crippen LogP contribution is -2.25. The van der Waals surface area contributed by atoms with Crippen LogP contribution in [0.5, 0.6) is 0 Å². The van der Waals surface area contributed by atoms with Crippen molar-refractivity contribution in [3.05, 3.63) is 12.3 Å². The minimum Gasteiger partial charge on any atom is -0.367 e. The predicted molar refractivity (Wildman–Crippen MR) is 71.2 cm³/mol. The minimum atomic E-state index is 0.579. The molecule has 1 aromatic heterocycles. The summed E-state index contributed by atoms with van der Waals surface area (Å²) in [6.45, 7) is 5.24. The molecule has 17 heavy (non-hydrogen) atoms. The summed E-state index contributed by atoms with van der Waals surface area (Å²) in [5, 5.41) is 6.64. The molecular formula is C13H22N4. The Morgan fingerprint density at radius 1 is 1.29 bits per heavy atom. The van der Waals surface area contributed by atoms with Gasteiger partial charge in [-0.3, -0.25) is 0 Å². The summed E-state index contributed by atoms with van der Waals surface area (Å²) >= 11 is 0. The Hall–Kier alpha value is -1.32. The molecular weight excluding hydrogens is 212 g/mol. The van der Waals surface area contributed by atoms with E-state index in [4.69, 9.17) is 0 Å². The first kappa shape index (κ1) is 12.1. The Balaban J connectivity index is 1.91. The Morgan fingerprint density at radius 3 is 2.76 bits per heavy atom. The summed E-state index contributed by atoms with van der Waals surface area (Å²) in [5.41, 5.74) is 0. The third kappa shape index (κ3) is 3.58. The van der Waals surface area contributed by atoms with Gasteiger partial charge in [0.05, 0.1) is 0 Å². The molecule has 0 aromatic carbocycles. The number of nitrogens with zero attached hydrogens (tertiary/aromatic N) is 2. The van der Waals surface area contributed by atoms with E-state index < -0.39 is 0 Å². The lowest BCUT2D eigenvalue weighted by atomic mass is 9.87. The van der Waals surface area contributed by atoms with Gasteiger partial charge in [0, 0.05) is 18.8 Å². The molecule has 0 bridgehead atoms. The number of hydrogen-bond donors (Lipinski definition) is 2. The van der Waals surface area contributed by atoms with Gasteiger partial charge < -0.3 is 10.6 Å². The van der Waals surface area contributed by atoms with E-state index in [0.717, 1.165) is 18.3 Å². The van der Waals surface area contributed by atoms with Crippen molar-refractivity contribution in [3.8, 4) is 0 Å². The molecule has 1 heterocycles. The normalized spacial score (nSPS) is 24.4. The van der Waals surface area contributed by atoms with Crippen LogP contribution in [0.2, 0.25) is 0 Å². The minimum absolute atomic E-state index is 0.579. The molecule has 0 saturated heterocycles. The van der Waals surface area contributed by atoms with E-state index >= 15 is 0 Å². The molecule has 0 amide bonds. The molecule has 0 atom stereocenters. The van der Waals surface area contributed by atoms with Crippen molar-refractivity contribution >= 4 is 11.8 Å². The van der Waals surface area contributed by atoms with Gasteiger partial charge in [-0.2, -0.15) is 4.98 Å². The maximum atomic E-state index is 4.44. The van der Waals surface area contributed by atoms with Crippen LogP contribution in [0.4, 0.5) is 11.8 Å². The molecule has 1 aliphatic carbocycles. The van der Waals surface area contributed by atoms with E-state index in [1.165, 1.54) is 25.7 Å². The number of rotatable bonds is 4. The summed E-state index contributed by atoms with van der Waals surface area (Å²) < 4.78 is 0. The zero-order chi connectivity index (χ0) is 12.1. The van der Waals surface area contributed by atoms with Crippen LogP contribution in [0.25, 0.3) is 0 Å². The first-order chi connectivity index (χ1) is 8.28. The molecule has 2 rings (SSSR count). The number of aromatic nitrogens is 2. The summed E-state index contributed by atoms with van der Waals surface area (Å²) in [5.74, 6) is 2.54. The van der Waals surface area contributed by atoms with E-state index in [-0.39, 0.29) is 0 Å². The predicted octanol–water partition coefficient (Wildman–Crippen LogP) is 2.90. The fourth-order valence-corrected chi connectivity index (χ4v) is 2.30. The van der Waals surface area contributed by atoms with Crippen molar-refractivity contribution in [2.24, 2.45) is 5.92 Å². The average Bonchev–Trinajstić information content (AvgIpc) is 2.33. The van der Waals surface area contributed by atoms with Gasteiger partial charge in [-0.15, -0.1) is 0 Å². The van der Waals surface area contributed by atoms with Gasteiger partial charge in [0.15, 0.2) is 0 Å². The SMILES string of the molecule is CCNc1nccc(NC2CCC(C)CC2)n1. The van der Waals surface area contributed by atoms with Gasteiger partial charge in [0.2, 0.25) is 5.95 Å². The monoisotopic (exact) mass is 234 g/mol. The van der Waals surface area contributed by atoms with Gasteiger partial charge in [-0.1, -0.05) is 6.92 Å². The number of nitrogens with one attached hydrogen (secondary N) is 2. The van der Waals surface area contributed by atoms with Crippen molar-refractivity contribution < 1.29 is 0 Å². The Labute approximate surface area is 103 Å². The van der Waals surface area contributed by atoms with Crippen molar-refractivity contribution in [2.75, 3.05) is 17.2 Å². The lowest BCUT2D eigenvalue weighted by molar-refractivity contribution is 0.361. The summed E-state index contributed by atoms with van der Waals surface area (Å²) in [6, 6.07) is 2.52. The van der Waals surface area contributed by atoms with E-state index in [1.807, 2.05) is 13.0 Å². The Kier molecular flexibility index (Phi) is 4.18. The summed E-state index contributed by atoms with van der Waals surface area (Å²) in [4.78, 5) is 8.61. The molecule has 94 valence electrons. The highest BCUT2D eigenvalue weighted by molar-refractivity contribution is 5.40. The fraction of sp³-hybridized carbons (Fsp3) is 0.692. The molecule has 0 radical (unpaired) electrons. The van der Waals surface area contributed by atoms with E-state index in [0.29, 0.717) is 12.0 Å². The van der Waals surface area contributed by atoms with E-state index in [2.05, 4.69) is 27.5 Å². The first-order valence-corrected chi connectivity index (χ1v) is 6.61. The molecule has 0 unspecified atom stereocenters. The van der Waals surface area contributed by atoms with E-state index in [9.17, 15) is 0 Å². The van der Waals surface area contributed by atoms with E-state index in [1.54, 1.807) is 6.20 Å². The largest absolute Gasteiger partial charge is 0.367 e. The average molecular weight is 234 g/mol. The molecule has 1 fully saturated rings. The fourth-order valence-electron chi connectivity index (χ4n) is 2.30. The molecule has 1 aliphatic rings. The number of anilines is 2. The maximum Gasteiger partial charge on any atom is 0.224 e. The molecule has 1 saturated carbocycles. The highest BCUT2D eigenvalue weighted by Crippen LogP contribution is 2.25. The smallest absolute Gasteiger partial charge is 0.224 e. The summed E-state index contributed by atoms with van der Waals surface area (Å²) in [7, 11) is 0. The van der Waals surface area contributed by atoms with Gasteiger partial charge >= 0.3 is 0 Å². The maximum absolute atomic E-state index is 4.44. The van der Waals surface area contributed by atoms with Crippen molar-refractivity contribution in [1.29, 1.82) is 0 Å². The van der Waals surface area contributed by atoms with Crippen molar-refractivity contribution in [3.63, 3.8) is 0 Å². The molecule has 0 aliphatic heterocycles. The second-order valence-corrected chi connectivity index (χ2v) is 4.90. The summed E-state index contributed by atoms with van der Waals surface area (Å²) in [6.07, 6.45) is 6.95. The van der Waals surface area contributed by atoms with Crippen LogP contribution in [-0.2, 0) is 0 Å². The van der Waals surface area contributed by atoms with Crippen molar-refractivity contribution in [1.82, 2.24) is 9.97 Å². The van der Waals surface area contributed by atoms with Crippen LogP contribution >= 0.6 is 0 Å². The molecule has 4 heteroatoms. The molecule has 2 N–H and O–H groups in total. The topological polar surface area (TPSA) is 49.8 Å². The molecule has 4 nitrogen and oxygen atoms in total. The van der Waals surface area contributed by atoms with Crippen LogP contribution in [0.3, 0.4) is 0 Å². The lowest BCUT2D eigenvalue weighted by Gasteiger charge is -2.27. The Bertz CT molecular complexity index is 345. The zero-order valence-corrected chi connectivity index (χ0v) is 10.7. The Morgan fingerprint density at radius 2 is 2.06 bits per heavy atom. The van der Waals surface area contributed by atoms with Crippen LogP contribution in [0, 0.1) is 5.92 Å². The second kappa shape index (κ2) is 5.84. The van der Waals surface area contributed by atoms with Gasteiger partial charge in [0.1, 0.15) is 5.82 Å². The van der Waals surface area contributed by atoms with Crippen LogP contribution in [0.1, 0.15) is 39.5 Å². The van der Waals surface area contributed by atoms with Crippen LogP contribution in [0.15, 0.2) is 12.3 Å². The molecule has 1 aromatic rings. The highest BCUT2D eigenvalue weighted by Gasteiger charge is 2.18. The quantitative estimate of drug-likeness (QED) is 0.841. The third-order valence-corrected chi connectivity index (χ3v) is 3.36. The van der Waals surface area contributed by atoms with Gasteiger partial charge in [-0.05, 0) is 44.6 Å². The second-order valence-electron chi connectivity index (χ2n) is 4.90. The van der Waals surface area contributed by atoms with Gasteiger partial charge in [0.25, 0.3) is 0 Å². The van der Waals surface area contributed by atoms with Crippen molar-refractivity contribution in [2.45, 2.75) is 45.6 Å². The number of hydrogen-bond acceptors (Lipinski definition) is 4. The first-order valence-electron chi connectivity index (χ1n) is 6.61. The zero-order valence-electron chi connectivity index (χ0n) is 10.7. The van der Waals surface area contributed by atoms with Gasteiger partial charge in [-0.25, -0.2) is 4.98 Å². The molecule has 0 spiro atoms.